The molecule has 3 aromatic heterocycles. The van der Waals surface area contributed by atoms with Crippen molar-refractivity contribution in [3.63, 3.8) is 0 Å². The summed E-state index contributed by atoms with van der Waals surface area (Å²) in [6.45, 7) is 4.16. The van der Waals surface area contributed by atoms with Gasteiger partial charge in [-0.1, -0.05) is 13.8 Å². The number of carbonyl (C=O) groups is 1. The fourth-order valence-corrected chi connectivity index (χ4v) is 5.22. The van der Waals surface area contributed by atoms with Crippen molar-refractivity contribution in [3.05, 3.63) is 40.7 Å². The van der Waals surface area contributed by atoms with Gasteiger partial charge >= 0.3 is 5.97 Å². The SMILES string of the molecule is CC(C)c1nc(Nc2ccc3[nH]ncc3c2)c2c3c(sc2n1)CC(C(=O)O)CC3. The molecule has 4 aromatic rings. The first kappa shape index (κ1) is 18.1. The number of fused-ring (bicyclic) bond motifs is 4. The molecule has 3 heterocycles. The Bertz CT molecular complexity index is 1240. The van der Waals surface area contributed by atoms with Crippen LogP contribution in [0.15, 0.2) is 24.4 Å². The third kappa shape index (κ3) is 3.13. The lowest BCUT2D eigenvalue weighted by Crippen LogP contribution is -2.21. The average Bonchev–Trinajstić information content (AvgIpc) is 3.30. The lowest BCUT2D eigenvalue weighted by molar-refractivity contribution is -0.142. The number of aromatic amines is 1. The van der Waals surface area contributed by atoms with Gasteiger partial charge in [-0.3, -0.25) is 9.89 Å². The van der Waals surface area contributed by atoms with Crippen molar-refractivity contribution >= 4 is 49.9 Å². The number of anilines is 2. The number of nitrogens with zero attached hydrogens (tertiary/aromatic N) is 3. The molecule has 1 unspecified atom stereocenters. The van der Waals surface area contributed by atoms with Crippen LogP contribution in [0.4, 0.5) is 11.5 Å². The Morgan fingerprint density at radius 1 is 1.34 bits per heavy atom. The Hall–Kier alpha value is -3.00. The minimum absolute atomic E-state index is 0.196. The zero-order valence-electron chi connectivity index (χ0n) is 16.2. The number of hydrogen-bond acceptors (Lipinski definition) is 6. The lowest BCUT2D eigenvalue weighted by atomic mass is 9.88. The maximum absolute atomic E-state index is 11.5. The summed E-state index contributed by atoms with van der Waals surface area (Å²) in [5, 5.41) is 22.0. The van der Waals surface area contributed by atoms with Crippen LogP contribution < -0.4 is 5.32 Å². The predicted octanol–water partition coefficient (Wildman–Crippen LogP) is 4.62. The van der Waals surface area contributed by atoms with E-state index < -0.39 is 5.97 Å². The molecular formula is C21H21N5O2S. The van der Waals surface area contributed by atoms with Crippen LogP contribution in [-0.4, -0.2) is 31.2 Å². The molecule has 0 saturated carbocycles. The fourth-order valence-electron chi connectivity index (χ4n) is 3.91. The lowest BCUT2D eigenvalue weighted by Gasteiger charge is -2.19. The fraction of sp³-hybridized carbons (Fsp3) is 0.333. The van der Waals surface area contributed by atoms with Gasteiger partial charge in [0.2, 0.25) is 0 Å². The van der Waals surface area contributed by atoms with Crippen LogP contribution in [0.25, 0.3) is 21.1 Å². The van der Waals surface area contributed by atoms with Crippen LogP contribution in [0.3, 0.4) is 0 Å². The second kappa shape index (κ2) is 6.81. The molecule has 29 heavy (non-hydrogen) atoms. The van der Waals surface area contributed by atoms with Crippen molar-refractivity contribution in [1.29, 1.82) is 0 Å². The van der Waals surface area contributed by atoms with E-state index in [2.05, 4.69) is 29.4 Å². The van der Waals surface area contributed by atoms with E-state index in [4.69, 9.17) is 9.97 Å². The highest BCUT2D eigenvalue weighted by Crippen LogP contribution is 2.41. The van der Waals surface area contributed by atoms with Crippen molar-refractivity contribution in [3.8, 4) is 0 Å². The van der Waals surface area contributed by atoms with Crippen LogP contribution >= 0.6 is 11.3 Å². The molecule has 0 saturated heterocycles. The van der Waals surface area contributed by atoms with Gasteiger partial charge in [0.1, 0.15) is 16.5 Å². The van der Waals surface area contributed by atoms with Crippen molar-refractivity contribution in [2.45, 2.75) is 39.0 Å². The first-order chi connectivity index (χ1) is 14.0. The molecule has 1 atom stereocenters. The van der Waals surface area contributed by atoms with E-state index in [9.17, 15) is 9.90 Å². The van der Waals surface area contributed by atoms with Gasteiger partial charge < -0.3 is 10.4 Å². The van der Waals surface area contributed by atoms with Gasteiger partial charge in [-0.25, -0.2) is 9.97 Å². The maximum Gasteiger partial charge on any atom is 0.306 e. The largest absolute Gasteiger partial charge is 0.481 e. The van der Waals surface area contributed by atoms with E-state index in [-0.39, 0.29) is 11.8 Å². The zero-order chi connectivity index (χ0) is 20.1. The van der Waals surface area contributed by atoms with Crippen molar-refractivity contribution < 1.29 is 9.90 Å². The van der Waals surface area contributed by atoms with Crippen LogP contribution in [0, 0.1) is 5.92 Å². The number of aliphatic carboxylic acids is 1. The molecule has 0 spiro atoms. The van der Waals surface area contributed by atoms with E-state index >= 15 is 0 Å². The first-order valence-electron chi connectivity index (χ1n) is 9.74. The second-order valence-electron chi connectivity index (χ2n) is 7.84. The number of carboxylic acids is 1. The number of benzene rings is 1. The quantitative estimate of drug-likeness (QED) is 0.456. The maximum atomic E-state index is 11.5. The smallest absolute Gasteiger partial charge is 0.306 e. The number of aryl methyl sites for hydroxylation is 1. The van der Waals surface area contributed by atoms with Crippen molar-refractivity contribution in [2.24, 2.45) is 5.92 Å². The highest BCUT2D eigenvalue weighted by atomic mass is 32.1. The Morgan fingerprint density at radius 2 is 2.21 bits per heavy atom. The van der Waals surface area contributed by atoms with Gasteiger partial charge in [-0.15, -0.1) is 11.3 Å². The van der Waals surface area contributed by atoms with Crippen LogP contribution in [0.1, 0.15) is 42.5 Å². The molecule has 0 fully saturated rings. The Kier molecular flexibility index (Phi) is 4.24. The molecule has 8 heteroatoms. The van der Waals surface area contributed by atoms with E-state index in [1.807, 2.05) is 18.2 Å². The normalized spacial score (nSPS) is 16.4. The molecule has 0 amide bonds. The molecule has 0 bridgehead atoms. The molecule has 0 aliphatic heterocycles. The predicted molar refractivity (Wildman–Crippen MR) is 114 cm³/mol. The summed E-state index contributed by atoms with van der Waals surface area (Å²) in [5.41, 5.74) is 3.12. The minimum atomic E-state index is -0.714. The first-order valence-corrected chi connectivity index (χ1v) is 10.6. The van der Waals surface area contributed by atoms with Gasteiger partial charge in [0, 0.05) is 21.9 Å². The van der Waals surface area contributed by atoms with Gasteiger partial charge in [0.05, 0.1) is 23.0 Å². The molecule has 7 nitrogen and oxygen atoms in total. The minimum Gasteiger partial charge on any atom is -0.481 e. The number of hydrogen-bond donors (Lipinski definition) is 3. The zero-order valence-corrected chi connectivity index (χ0v) is 17.0. The standard InChI is InChI=1S/C21H21N5O2S/c1-10(2)18-24-19(23-13-4-6-15-12(7-13)9-22-26-15)17-14-5-3-11(21(27)28)8-16(14)29-20(17)25-18/h4,6-7,9-11H,3,5,8H2,1-2H3,(H,22,26)(H,27,28)(H,23,24,25). The van der Waals surface area contributed by atoms with Gasteiger partial charge in [0.25, 0.3) is 0 Å². The highest BCUT2D eigenvalue weighted by Gasteiger charge is 2.29. The van der Waals surface area contributed by atoms with Crippen molar-refractivity contribution in [2.75, 3.05) is 5.32 Å². The summed E-state index contributed by atoms with van der Waals surface area (Å²) >= 11 is 1.61. The number of carboxylic acid groups (broad SMARTS) is 1. The summed E-state index contributed by atoms with van der Waals surface area (Å²) in [5.74, 6) is 0.759. The van der Waals surface area contributed by atoms with Gasteiger partial charge in [0.15, 0.2) is 0 Å². The Morgan fingerprint density at radius 3 is 3.00 bits per heavy atom. The Balaban J connectivity index is 1.63. The van der Waals surface area contributed by atoms with Gasteiger partial charge in [-0.2, -0.15) is 5.10 Å². The Labute approximate surface area is 171 Å². The van der Waals surface area contributed by atoms with Crippen LogP contribution in [-0.2, 0) is 17.6 Å². The van der Waals surface area contributed by atoms with Crippen LogP contribution in [0.2, 0.25) is 0 Å². The third-order valence-electron chi connectivity index (χ3n) is 5.49. The summed E-state index contributed by atoms with van der Waals surface area (Å²) in [6, 6.07) is 6.04. The number of thiophene rings is 1. The summed E-state index contributed by atoms with van der Waals surface area (Å²) in [6.07, 6.45) is 3.77. The number of rotatable bonds is 4. The summed E-state index contributed by atoms with van der Waals surface area (Å²) in [4.78, 5) is 23.2. The van der Waals surface area contributed by atoms with E-state index in [1.165, 1.54) is 5.56 Å². The van der Waals surface area contributed by atoms with Crippen molar-refractivity contribution in [1.82, 2.24) is 20.2 Å². The molecular weight excluding hydrogens is 386 g/mol. The molecule has 1 aliphatic rings. The molecule has 0 radical (unpaired) electrons. The summed E-state index contributed by atoms with van der Waals surface area (Å²) in [7, 11) is 0. The second-order valence-corrected chi connectivity index (χ2v) is 8.93. The van der Waals surface area contributed by atoms with Crippen LogP contribution in [0.5, 0.6) is 0 Å². The van der Waals surface area contributed by atoms with E-state index in [1.54, 1.807) is 17.5 Å². The van der Waals surface area contributed by atoms with Gasteiger partial charge in [-0.05, 0) is 43.0 Å². The third-order valence-corrected chi connectivity index (χ3v) is 6.64. The molecule has 5 rings (SSSR count). The van der Waals surface area contributed by atoms with E-state index in [0.717, 1.165) is 49.7 Å². The molecule has 148 valence electrons. The van der Waals surface area contributed by atoms with E-state index in [0.29, 0.717) is 12.8 Å². The number of aromatic nitrogens is 4. The summed E-state index contributed by atoms with van der Waals surface area (Å²) < 4.78 is 0. The highest BCUT2D eigenvalue weighted by molar-refractivity contribution is 7.19. The number of nitrogens with one attached hydrogen (secondary N) is 2. The molecule has 1 aromatic carbocycles. The topological polar surface area (TPSA) is 104 Å². The average molecular weight is 407 g/mol. The molecule has 1 aliphatic carbocycles. The monoisotopic (exact) mass is 407 g/mol. The molecule has 3 N–H and O–H groups in total. The number of H-pyrrole nitrogens is 1.